The molecule has 0 aliphatic rings. The van der Waals surface area contributed by atoms with Crippen molar-refractivity contribution in [3.63, 3.8) is 0 Å². The van der Waals surface area contributed by atoms with E-state index < -0.39 is 10.9 Å². The second-order valence-corrected chi connectivity index (χ2v) is 3.65. The Morgan fingerprint density at radius 2 is 2.26 bits per heavy atom. The fourth-order valence-corrected chi connectivity index (χ4v) is 1.72. The maximum atomic E-state index is 11.5. The van der Waals surface area contributed by atoms with E-state index in [9.17, 15) is 14.9 Å². The highest BCUT2D eigenvalue weighted by Gasteiger charge is 2.24. The standard InChI is InChI=1S/C12H13N3O4/c1-2-19-11(16)5-10-8(6-13)3-4-9(7-14)12(10)15(17)18/h3-4H,2,5-6,13H2,1H3. The molecular formula is C12H13N3O4. The van der Waals surface area contributed by atoms with Crippen molar-refractivity contribution < 1.29 is 14.5 Å². The van der Waals surface area contributed by atoms with E-state index in [0.29, 0.717) is 5.56 Å². The Morgan fingerprint density at radius 3 is 2.74 bits per heavy atom. The molecular weight excluding hydrogens is 250 g/mol. The smallest absolute Gasteiger partial charge is 0.310 e. The van der Waals surface area contributed by atoms with Gasteiger partial charge in [0.2, 0.25) is 0 Å². The fraction of sp³-hybridized carbons (Fsp3) is 0.333. The van der Waals surface area contributed by atoms with Crippen molar-refractivity contribution in [2.24, 2.45) is 5.73 Å². The van der Waals surface area contributed by atoms with Gasteiger partial charge in [0.25, 0.3) is 5.69 Å². The molecule has 1 aromatic carbocycles. The number of rotatable bonds is 5. The van der Waals surface area contributed by atoms with Gasteiger partial charge in [-0.2, -0.15) is 5.26 Å². The van der Waals surface area contributed by atoms with Crippen LogP contribution in [0.3, 0.4) is 0 Å². The molecule has 0 aliphatic carbocycles. The van der Waals surface area contributed by atoms with Gasteiger partial charge in [0, 0.05) is 12.1 Å². The van der Waals surface area contributed by atoms with Crippen molar-refractivity contribution in [1.29, 1.82) is 5.26 Å². The number of nitro benzene ring substituents is 1. The summed E-state index contributed by atoms with van der Waals surface area (Å²) in [6.45, 7) is 1.87. The van der Waals surface area contributed by atoms with E-state index in [0.717, 1.165) is 0 Å². The van der Waals surface area contributed by atoms with Crippen molar-refractivity contribution in [2.45, 2.75) is 19.9 Å². The molecule has 1 rings (SSSR count). The number of hydrogen-bond donors (Lipinski definition) is 1. The fourth-order valence-electron chi connectivity index (χ4n) is 1.72. The van der Waals surface area contributed by atoms with Gasteiger partial charge in [-0.05, 0) is 18.6 Å². The lowest BCUT2D eigenvalue weighted by atomic mass is 9.98. The molecule has 0 atom stereocenters. The number of hydrogen-bond acceptors (Lipinski definition) is 6. The molecule has 7 nitrogen and oxygen atoms in total. The summed E-state index contributed by atoms with van der Waals surface area (Å²) in [6.07, 6.45) is -0.272. The molecule has 0 aromatic heterocycles. The first-order valence-electron chi connectivity index (χ1n) is 5.60. The predicted octanol–water partition coefficient (Wildman–Crippen LogP) is 1.03. The summed E-state index contributed by atoms with van der Waals surface area (Å²) in [5.41, 5.74) is 5.63. The number of carbonyl (C=O) groups is 1. The quantitative estimate of drug-likeness (QED) is 0.481. The van der Waals surface area contributed by atoms with Crippen molar-refractivity contribution in [3.8, 4) is 6.07 Å². The molecule has 0 amide bonds. The highest BCUT2D eigenvalue weighted by molar-refractivity contribution is 5.76. The highest BCUT2D eigenvalue weighted by Crippen LogP contribution is 2.27. The maximum absolute atomic E-state index is 11.5. The first-order valence-corrected chi connectivity index (χ1v) is 5.60. The molecule has 0 heterocycles. The zero-order valence-corrected chi connectivity index (χ0v) is 10.4. The van der Waals surface area contributed by atoms with E-state index >= 15 is 0 Å². The lowest BCUT2D eigenvalue weighted by Gasteiger charge is -2.09. The van der Waals surface area contributed by atoms with Crippen molar-refractivity contribution in [3.05, 3.63) is 38.9 Å². The topological polar surface area (TPSA) is 119 Å². The van der Waals surface area contributed by atoms with Crippen LogP contribution in [-0.4, -0.2) is 17.5 Å². The molecule has 19 heavy (non-hydrogen) atoms. The molecule has 0 saturated carbocycles. The minimum absolute atomic E-state index is 0.0429. The van der Waals surface area contributed by atoms with Gasteiger partial charge in [-0.15, -0.1) is 0 Å². The molecule has 0 spiro atoms. The Kier molecular flexibility index (Phi) is 4.97. The molecule has 100 valence electrons. The van der Waals surface area contributed by atoms with E-state index in [2.05, 4.69) is 0 Å². The van der Waals surface area contributed by atoms with Gasteiger partial charge in [-0.3, -0.25) is 14.9 Å². The summed E-state index contributed by atoms with van der Waals surface area (Å²) in [6, 6.07) is 4.58. The molecule has 7 heteroatoms. The predicted molar refractivity (Wildman–Crippen MR) is 66.0 cm³/mol. The highest BCUT2D eigenvalue weighted by atomic mass is 16.6. The Balaban J connectivity index is 3.35. The summed E-state index contributed by atoms with van der Waals surface area (Å²) in [5.74, 6) is -0.588. The van der Waals surface area contributed by atoms with Crippen LogP contribution in [0.4, 0.5) is 5.69 Å². The van der Waals surface area contributed by atoms with Crippen molar-refractivity contribution >= 4 is 11.7 Å². The monoisotopic (exact) mass is 263 g/mol. The van der Waals surface area contributed by atoms with Crippen LogP contribution < -0.4 is 5.73 Å². The lowest BCUT2D eigenvalue weighted by molar-refractivity contribution is -0.385. The summed E-state index contributed by atoms with van der Waals surface area (Å²) in [7, 11) is 0. The summed E-state index contributed by atoms with van der Waals surface area (Å²) in [4.78, 5) is 21.9. The third kappa shape index (κ3) is 3.26. The van der Waals surface area contributed by atoms with E-state index in [1.165, 1.54) is 12.1 Å². The van der Waals surface area contributed by atoms with Crippen LogP contribution in [0, 0.1) is 21.4 Å². The van der Waals surface area contributed by atoms with Crippen LogP contribution >= 0.6 is 0 Å². The Labute approximate surface area is 109 Å². The molecule has 0 bridgehead atoms. The molecule has 0 unspecified atom stereocenters. The SMILES string of the molecule is CCOC(=O)Cc1c(CN)ccc(C#N)c1[N+](=O)[O-]. The number of ether oxygens (including phenoxy) is 1. The summed E-state index contributed by atoms with van der Waals surface area (Å²) < 4.78 is 4.77. The molecule has 2 N–H and O–H groups in total. The van der Waals surface area contributed by atoms with Crippen LogP contribution in [0.15, 0.2) is 12.1 Å². The Bertz CT molecular complexity index is 549. The van der Waals surface area contributed by atoms with Crippen LogP contribution in [0.25, 0.3) is 0 Å². The van der Waals surface area contributed by atoms with Crippen LogP contribution in [0.2, 0.25) is 0 Å². The normalized spacial score (nSPS) is 9.74. The molecule has 0 saturated heterocycles. The van der Waals surface area contributed by atoms with Gasteiger partial charge in [0.15, 0.2) is 0 Å². The van der Waals surface area contributed by atoms with Crippen LogP contribution in [-0.2, 0) is 22.5 Å². The third-order valence-corrected chi connectivity index (χ3v) is 2.53. The number of carbonyl (C=O) groups excluding carboxylic acids is 1. The number of esters is 1. The average Bonchev–Trinajstić information content (AvgIpc) is 2.37. The average molecular weight is 263 g/mol. The number of nitrogens with zero attached hydrogens (tertiary/aromatic N) is 2. The van der Waals surface area contributed by atoms with Gasteiger partial charge in [-0.25, -0.2) is 0 Å². The van der Waals surface area contributed by atoms with Gasteiger partial charge in [-0.1, -0.05) is 6.07 Å². The van der Waals surface area contributed by atoms with E-state index in [1.54, 1.807) is 13.0 Å². The molecule has 1 aromatic rings. The van der Waals surface area contributed by atoms with E-state index in [1.807, 2.05) is 0 Å². The van der Waals surface area contributed by atoms with Crippen molar-refractivity contribution in [1.82, 2.24) is 0 Å². The zero-order valence-electron chi connectivity index (χ0n) is 10.4. The number of benzene rings is 1. The van der Waals surface area contributed by atoms with E-state index in [4.69, 9.17) is 15.7 Å². The maximum Gasteiger partial charge on any atom is 0.310 e. The van der Waals surface area contributed by atoms with Gasteiger partial charge >= 0.3 is 5.97 Å². The number of nitrogens with two attached hydrogens (primary N) is 1. The van der Waals surface area contributed by atoms with Crippen molar-refractivity contribution in [2.75, 3.05) is 6.61 Å². The molecule has 0 radical (unpaired) electrons. The third-order valence-electron chi connectivity index (χ3n) is 2.53. The minimum atomic E-state index is -0.674. The number of nitriles is 1. The summed E-state index contributed by atoms with van der Waals surface area (Å²) in [5, 5.41) is 20.0. The second kappa shape index (κ2) is 6.47. The summed E-state index contributed by atoms with van der Waals surface area (Å²) >= 11 is 0. The van der Waals surface area contributed by atoms with E-state index in [-0.39, 0.29) is 36.4 Å². The Morgan fingerprint density at radius 1 is 1.58 bits per heavy atom. The molecule has 0 aliphatic heterocycles. The zero-order chi connectivity index (χ0) is 14.4. The molecule has 0 fully saturated rings. The lowest BCUT2D eigenvalue weighted by Crippen LogP contribution is -2.13. The van der Waals surface area contributed by atoms with Gasteiger partial charge < -0.3 is 10.5 Å². The van der Waals surface area contributed by atoms with Crippen LogP contribution in [0.1, 0.15) is 23.6 Å². The van der Waals surface area contributed by atoms with Gasteiger partial charge in [0.05, 0.1) is 18.0 Å². The minimum Gasteiger partial charge on any atom is -0.466 e. The first kappa shape index (κ1) is 14.6. The Hall–Kier alpha value is -2.46. The van der Waals surface area contributed by atoms with Crippen LogP contribution in [0.5, 0.6) is 0 Å². The second-order valence-electron chi connectivity index (χ2n) is 3.65. The van der Waals surface area contributed by atoms with Gasteiger partial charge in [0.1, 0.15) is 11.6 Å². The number of nitro groups is 1. The largest absolute Gasteiger partial charge is 0.466 e. The first-order chi connectivity index (χ1) is 9.04.